The first kappa shape index (κ1) is 9.58. The first-order chi connectivity index (χ1) is 7.20. The van der Waals surface area contributed by atoms with Gasteiger partial charge in [-0.1, -0.05) is 12.6 Å². The van der Waals surface area contributed by atoms with Crippen LogP contribution in [0.2, 0.25) is 0 Å². The lowest BCUT2D eigenvalue weighted by molar-refractivity contribution is -0.116. The number of rotatable bonds is 2. The summed E-state index contributed by atoms with van der Waals surface area (Å²) in [5.41, 5.74) is 4.17. The van der Waals surface area contributed by atoms with Gasteiger partial charge in [-0.3, -0.25) is 15.2 Å². The summed E-state index contributed by atoms with van der Waals surface area (Å²) in [6.07, 6.45) is 0. The first-order valence-corrected chi connectivity index (χ1v) is 4.61. The lowest BCUT2D eigenvalue weighted by Gasteiger charge is -2.17. The summed E-state index contributed by atoms with van der Waals surface area (Å²) < 4.78 is 5.11. The van der Waals surface area contributed by atoms with E-state index in [1.54, 1.807) is 12.1 Å². The molecule has 1 heterocycles. The third-order valence-corrected chi connectivity index (χ3v) is 2.27. The SMILES string of the molecule is C=C1CN(c2cccc(OC)c2)NC1=O. The Morgan fingerprint density at radius 3 is 2.93 bits per heavy atom. The standard InChI is InChI=1S/C11H12N2O2/c1-8-7-13(12-11(8)14)9-4-3-5-10(6-9)15-2/h3-6H,1,7H2,2H3,(H,12,14). The molecule has 4 heteroatoms. The molecule has 4 nitrogen and oxygen atoms in total. The van der Waals surface area contributed by atoms with E-state index in [0.717, 1.165) is 11.4 Å². The lowest BCUT2D eigenvalue weighted by Crippen LogP contribution is -2.32. The molecule has 0 unspecified atom stereocenters. The zero-order valence-electron chi connectivity index (χ0n) is 8.49. The van der Waals surface area contributed by atoms with Crippen LogP contribution < -0.4 is 15.2 Å². The van der Waals surface area contributed by atoms with Crippen molar-refractivity contribution in [3.8, 4) is 5.75 Å². The molecule has 1 saturated heterocycles. The van der Waals surface area contributed by atoms with Crippen molar-refractivity contribution in [3.05, 3.63) is 36.4 Å². The fourth-order valence-electron chi connectivity index (χ4n) is 1.44. The Morgan fingerprint density at radius 1 is 1.53 bits per heavy atom. The maximum Gasteiger partial charge on any atom is 0.267 e. The van der Waals surface area contributed by atoms with Crippen molar-refractivity contribution in [2.24, 2.45) is 0 Å². The molecule has 1 aromatic rings. The number of hydrazine groups is 1. The summed E-state index contributed by atoms with van der Waals surface area (Å²) in [4.78, 5) is 11.2. The number of amides is 1. The van der Waals surface area contributed by atoms with Gasteiger partial charge in [0.1, 0.15) is 5.75 Å². The second-order valence-electron chi connectivity index (χ2n) is 3.33. The summed E-state index contributed by atoms with van der Waals surface area (Å²) in [5.74, 6) is 0.636. The van der Waals surface area contributed by atoms with Gasteiger partial charge in [-0.2, -0.15) is 0 Å². The summed E-state index contributed by atoms with van der Waals surface area (Å²) in [5, 5.41) is 1.74. The quantitative estimate of drug-likeness (QED) is 0.733. The number of hydrogen-bond acceptors (Lipinski definition) is 3. The van der Waals surface area contributed by atoms with Gasteiger partial charge < -0.3 is 4.74 Å². The van der Waals surface area contributed by atoms with E-state index in [4.69, 9.17) is 4.74 Å². The second kappa shape index (κ2) is 3.65. The Labute approximate surface area is 88.1 Å². The Bertz CT molecular complexity index is 399. The number of nitrogens with zero attached hydrogens (tertiary/aromatic N) is 1. The molecule has 2 rings (SSSR count). The van der Waals surface area contributed by atoms with Crippen molar-refractivity contribution < 1.29 is 9.53 Å². The molecule has 0 aromatic heterocycles. The Kier molecular flexibility index (Phi) is 2.33. The van der Waals surface area contributed by atoms with Gasteiger partial charge in [0.2, 0.25) is 0 Å². The zero-order chi connectivity index (χ0) is 10.8. The molecule has 1 aliphatic heterocycles. The van der Waals surface area contributed by atoms with Gasteiger partial charge in [-0.25, -0.2) is 0 Å². The number of ether oxygens (including phenoxy) is 1. The highest BCUT2D eigenvalue weighted by molar-refractivity contribution is 5.97. The molecule has 0 radical (unpaired) electrons. The molecule has 1 fully saturated rings. The number of hydrogen-bond donors (Lipinski definition) is 1. The topological polar surface area (TPSA) is 41.6 Å². The first-order valence-electron chi connectivity index (χ1n) is 4.61. The lowest BCUT2D eigenvalue weighted by atomic mass is 10.2. The highest BCUT2D eigenvalue weighted by Gasteiger charge is 2.22. The Hall–Kier alpha value is -1.97. The summed E-state index contributed by atoms with van der Waals surface area (Å²) in [7, 11) is 1.61. The van der Waals surface area contributed by atoms with Crippen LogP contribution in [-0.4, -0.2) is 19.6 Å². The third-order valence-electron chi connectivity index (χ3n) is 2.27. The van der Waals surface area contributed by atoms with Crippen LogP contribution in [-0.2, 0) is 4.79 Å². The zero-order valence-corrected chi connectivity index (χ0v) is 8.49. The molecule has 1 aliphatic rings. The number of anilines is 1. The number of nitrogens with one attached hydrogen (secondary N) is 1. The Morgan fingerprint density at radius 2 is 2.33 bits per heavy atom. The van der Waals surface area contributed by atoms with E-state index in [0.29, 0.717) is 12.1 Å². The van der Waals surface area contributed by atoms with Crippen LogP contribution in [0.5, 0.6) is 5.75 Å². The fourth-order valence-corrected chi connectivity index (χ4v) is 1.44. The van der Waals surface area contributed by atoms with E-state index in [1.807, 2.05) is 24.3 Å². The van der Waals surface area contributed by atoms with Crippen LogP contribution >= 0.6 is 0 Å². The van der Waals surface area contributed by atoms with Gasteiger partial charge in [-0.05, 0) is 12.1 Å². The van der Waals surface area contributed by atoms with Crippen LogP contribution in [0.15, 0.2) is 36.4 Å². The van der Waals surface area contributed by atoms with Crippen LogP contribution in [0.4, 0.5) is 5.69 Å². The van der Waals surface area contributed by atoms with Crippen molar-refractivity contribution >= 4 is 11.6 Å². The van der Waals surface area contributed by atoms with E-state index < -0.39 is 0 Å². The van der Waals surface area contributed by atoms with Gasteiger partial charge in [0.15, 0.2) is 0 Å². The molecule has 1 aromatic carbocycles. The minimum absolute atomic E-state index is 0.127. The van der Waals surface area contributed by atoms with E-state index in [-0.39, 0.29) is 5.91 Å². The molecule has 0 aliphatic carbocycles. The van der Waals surface area contributed by atoms with Gasteiger partial charge in [0.25, 0.3) is 5.91 Å². The molecule has 0 saturated carbocycles. The van der Waals surface area contributed by atoms with Crippen LogP contribution in [0.25, 0.3) is 0 Å². The van der Waals surface area contributed by atoms with Crippen LogP contribution in [0.3, 0.4) is 0 Å². The molecule has 15 heavy (non-hydrogen) atoms. The minimum Gasteiger partial charge on any atom is -0.497 e. The maximum atomic E-state index is 11.2. The number of benzene rings is 1. The van der Waals surface area contributed by atoms with Crippen LogP contribution in [0, 0.1) is 0 Å². The van der Waals surface area contributed by atoms with E-state index >= 15 is 0 Å². The molecule has 1 N–H and O–H groups in total. The van der Waals surface area contributed by atoms with Gasteiger partial charge >= 0.3 is 0 Å². The summed E-state index contributed by atoms with van der Waals surface area (Å²) in [6.45, 7) is 4.17. The van der Waals surface area contributed by atoms with E-state index in [1.165, 1.54) is 0 Å². The normalized spacial score (nSPS) is 15.4. The smallest absolute Gasteiger partial charge is 0.267 e. The largest absolute Gasteiger partial charge is 0.497 e. The van der Waals surface area contributed by atoms with Gasteiger partial charge in [0, 0.05) is 11.6 Å². The molecule has 78 valence electrons. The van der Waals surface area contributed by atoms with Crippen molar-refractivity contribution in [2.45, 2.75) is 0 Å². The average Bonchev–Trinajstić information content (AvgIpc) is 2.59. The van der Waals surface area contributed by atoms with Crippen molar-refractivity contribution in [2.75, 3.05) is 18.7 Å². The molecule has 0 spiro atoms. The second-order valence-corrected chi connectivity index (χ2v) is 3.33. The fraction of sp³-hybridized carbons (Fsp3) is 0.182. The highest BCUT2D eigenvalue weighted by Crippen LogP contribution is 2.22. The molecule has 0 bridgehead atoms. The molecular formula is C11H12N2O2. The predicted octanol–water partition coefficient (Wildman–Crippen LogP) is 1.10. The van der Waals surface area contributed by atoms with Gasteiger partial charge in [-0.15, -0.1) is 0 Å². The number of methoxy groups -OCH3 is 1. The third kappa shape index (κ3) is 1.79. The van der Waals surface area contributed by atoms with Crippen molar-refractivity contribution in [3.63, 3.8) is 0 Å². The maximum absolute atomic E-state index is 11.2. The van der Waals surface area contributed by atoms with Crippen molar-refractivity contribution in [1.82, 2.24) is 5.43 Å². The predicted molar refractivity (Wildman–Crippen MR) is 57.6 cm³/mol. The summed E-state index contributed by atoms with van der Waals surface area (Å²) in [6, 6.07) is 7.50. The minimum atomic E-state index is -0.127. The van der Waals surface area contributed by atoms with E-state index in [9.17, 15) is 4.79 Å². The summed E-state index contributed by atoms with van der Waals surface area (Å²) >= 11 is 0. The van der Waals surface area contributed by atoms with Gasteiger partial charge in [0.05, 0.1) is 19.3 Å². The molecule has 0 atom stereocenters. The van der Waals surface area contributed by atoms with Crippen molar-refractivity contribution in [1.29, 1.82) is 0 Å². The number of carbonyl (C=O) groups is 1. The van der Waals surface area contributed by atoms with E-state index in [2.05, 4.69) is 12.0 Å². The average molecular weight is 204 g/mol. The highest BCUT2D eigenvalue weighted by atomic mass is 16.5. The monoisotopic (exact) mass is 204 g/mol. The molecule has 1 amide bonds. The number of carbonyl (C=O) groups excluding carboxylic acids is 1. The molecular weight excluding hydrogens is 192 g/mol. The van der Waals surface area contributed by atoms with Crippen LogP contribution in [0.1, 0.15) is 0 Å². The Balaban J connectivity index is 2.23.